The van der Waals surface area contributed by atoms with Crippen molar-refractivity contribution in [1.82, 2.24) is 15.5 Å². The van der Waals surface area contributed by atoms with Gasteiger partial charge in [-0.25, -0.2) is 0 Å². The highest BCUT2D eigenvalue weighted by Gasteiger charge is 2.21. The number of aromatic nitrogens is 2. The Morgan fingerprint density at radius 3 is 2.67 bits per heavy atom. The normalized spacial score (nSPS) is 15.6. The number of nitrogens with zero attached hydrogens (tertiary/aromatic N) is 3. The van der Waals surface area contributed by atoms with Gasteiger partial charge in [-0.05, 0) is 26.7 Å². The maximum absolute atomic E-state index is 5.55. The minimum atomic E-state index is 0.632. The van der Waals surface area contributed by atoms with Gasteiger partial charge in [0.1, 0.15) is 0 Å². The second-order valence-corrected chi connectivity index (χ2v) is 3.81. The average molecular weight is 210 g/mol. The molecule has 0 radical (unpaired) electrons. The monoisotopic (exact) mass is 210 g/mol. The van der Waals surface area contributed by atoms with Crippen LogP contribution in [-0.4, -0.2) is 29.3 Å². The zero-order valence-electron chi connectivity index (χ0n) is 9.36. The van der Waals surface area contributed by atoms with E-state index in [1.54, 1.807) is 0 Å². The molecule has 1 aliphatic rings. The number of nitrogens with one attached hydrogen (secondary N) is 1. The van der Waals surface area contributed by atoms with E-state index in [1.165, 1.54) is 12.8 Å². The molecule has 1 saturated carbocycles. The van der Waals surface area contributed by atoms with Crippen molar-refractivity contribution in [1.29, 1.82) is 0 Å². The van der Waals surface area contributed by atoms with Gasteiger partial charge in [-0.3, -0.25) is 0 Å². The molecule has 84 valence electrons. The summed E-state index contributed by atoms with van der Waals surface area (Å²) < 4.78 is 5.55. The van der Waals surface area contributed by atoms with Crippen LogP contribution in [0, 0.1) is 0 Å². The Morgan fingerprint density at radius 2 is 2.07 bits per heavy atom. The van der Waals surface area contributed by atoms with Gasteiger partial charge >= 0.3 is 6.01 Å². The van der Waals surface area contributed by atoms with Crippen LogP contribution < -0.4 is 10.2 Å². The van der Waals surface area contributed by atoms with Crippen LogP contribution in [0.15, 0.2) is 4.42 Å². The molecule has 0 aliphatic heterocycles. The first-order chi connectivity index (χ1) is 7.33. The standard InChI is InChI=1S/C10H18N4O/c1-3-14(4-2)10-13-12-9(15-10)7-11-8-5-6-8/h8,11H,3-7H2,1-2H3. The number of hydrogen-bond donors (Lipinski definition) is 1. The molecule has 0 aromatic carbocycles. The Labute approximate surface area is 89.9 Å². The van der Waals surface area contributed by atoms with Crippen molar-refractivity contribution in [2.75, 3.05) is 18.0 Å². The predicted octanol–water partition coefficient (Wildman–Crippen LogP) is 1.17. The molecule has 0 atom stereocenters. The lowest BCUT2D eigenvalue weighted by atomic mass is 10.5. The molecule has 2 rings (SSSR count). The average Bonchev–Trinajstić information content (AvgIpc) is 2.97. The van der Waals surface area contributed by atoms with Crippen LogP contribution in [0.4, 0.5) is 6.01 Å². The van der Waals surface area contributed by atoms with Crippen molar-refractivity contribution >= 4 is 6.01 Å². The molecule has 1 aliphatic carbocycles. The summed E-state index contributed by atoms with van der Waals surface area (Å²) in [7, 11) is 0. The molecule has 0 unspecified atom stereocenters. The molecule has 1 aromatic rings. The van der Waals surface area contributed by atoms with Gasteiger partial charge in [0.15, 0.2) is 0 Å². The maximum Gasteiger partial charge on any atom is 0.318 e. The first-order valence-corrected chi connectivity index (χ1v) is 5.64. The number of rotatable bonds is 6. The maximum atomic E-state index is 5.55. The summed E-state index contributed by atoms with van der Waals surface area (Å²) in [4.78, 5) is 2.05. The topological polar surface area (TPSA) is 54.2 Å². The molecule has 15 heavy (non-hydrogen) atoms. The van der Waals surface area contributed by atoms with Gasteiger partial charge < -0.3 is 14.6 Å². The van der Waals surface area contributed by atoms with Gasteiger partial charge in [-0.15, -0.1) is 5.10 Å². The minimum absolute atomic E-state index is 0.632. The lowest BCUT2D eigenvalue weighted by Crippen LogP contribution is -2.22. The highest BCUT2D eigenvalue weighted by molar-refractivity contribution is 5.22. The molecule has 1 N–H and O–H groups in total. The fraction of sp³-hybridized carbons (Fsp3) is 0.800. The fourth-order valence-electron chi connectivity index (χ4n) is 1.46. The molecule has 5 nitrogen and oxygen atoms in total. The third-order valence-electron chi connectivity index (χ3n) is 2.61. The highest BCUT2D eigenvalue weighted by Crippen LogP contribution is 2.19. The molecule has 5 heteroatoms. The summed E-state index contributed by atoms with van der Waals surface area (Å²) in [5, 5.41) is 11.4. The van der Waals surface area contributed by atoms with Gasteiger partial charge in [0.05, 0.1) is 6.54 Å². The second kappa shape index (κ2) is 4.61. The quantitative estimate of drug-likeness (QED) is 0.763. The summed E-state index contributed by atoms with van der Waals surface area (Å²) >= 11 is 0. The first-order valence-electron chi connectivity index (χ1n) is 5.64. The first kappa shape index (κ1) is 10.4. The molecule has 1 heterocycles. The minimum Gasteiger partial charge on any atom is -0.407 e. The van der Waals surface area contributed by atoms with Gasteiger partial charge in [0, 0.05) is 19.1 Å². The van der Waals surface area contributed by atoms with Crippen LogP contribution in [0.1, 0.15) is 32.6 Å². The van der Waals surface area contributed by atoms with Crippen molar-refractivity contribution in [2.24, 2.45) is 0 Å². The third-order valence-corrected chi connectivity index (χ3v) is 2.61. The molecule has 0 amide bonds. The van der Waals surface area contributed by atoms with Gasteiger partial charge in [0.2, 0.25) is 5.89 Å². The number of hydrogen-bond acceptors (Lipinski definition) is 5. The van der Waals surface area contributed by atoms with Crippen molar-refractivity contribution in [3.05, 3.63) is 5.89 Å². The van der Waals surface area contributed by atoms with Crippen LogP contribution in [0.5, 0.6) is 0 Å². The second-order valence-electron chi connectivity index (χ2n) is 3.81. The Hall–Kier alpha value is -1.10. The van der Waals surface area contributed by atoms with Crippen LogP contribution in [0.2, 0.25) is 0 Å². The summed E-state index contributed by atoms with van der Waals surface area (Å²) in [5.74, 6) is 0.684. The lowest BCUT2D eigenvalue weighted by molar-refractivity contribution is 0.462. The Kier molecular flexibility index (Phi) is 3.20. The molecule has 0 saturated heterocycles. The van der Waals surface area contributed by atoms with Gasteiger partial charge in [-0.2, -0.15) is 0 Å². The van der Waals surface area contributed by atoms with E-state index in [2.05, 4.69) is 29.4 Å². The summed E-state index contributed by atoms with van der Waals surface area (Å²) in [6, 6.07) is 1.31. The predicted molar refractivity (Wildman–Crippen MR) is 57.7 cm³/mol. The fourth-order valence-corrected chi connectivity index (χ4v) is 1.46. The number of anilines is 1. The highest BCUT2D eigenvalue weighted by atomic mass is 16.4. The molecule has 0 spiro atoms. The molecule has 1 aromatic heterocycles. The van der Waals surface area contributed by atoms with Crippen molar-refractivity contribution in [3.63, 3.8) is 0 Å². The van der Waals surface area contributed by atoms with E-state index in [1.807, 2.05) is 4.90 Å². The van der Waals surface area contributed by atoms with E-state index in [9.17, 15) is 0 Å². The van der Waals surface area contributed by atoms with E-state index < -0.39 is 0 Å². The largest absolute Gasteiger partial charge is 0.407 e. The zero-order chi connectivity index (χ0) is 10.7. The lowest BCUT2D eigenvalue weighted by Gasteiger charge is -2.13. The van der Waals surface area contributed by atoms with Gasteiger partial charge in [0.25, 0.3) is 0 Å². The van der Waals surface area contributed by atoms with Gasteiger partial charge in [-0.1, -0.05) is 5.10 Å². The van der Waals surface area contributed by atoms with E-state index in [-0.39, 0.29) is 0 Å². The van der Waals surface area contributed by atoms with Crippen molar-refractivity contribution in [2.45, 2.75) is 39.3 Å². The Morgan fingerprint density at radius 1 is 1.33 bits per heavy atom. The van der Waals surface area contributed by atoms with Crippen LogP contribution in [0.3, 0.4) is 0 Å². The van der Waals surface area contributed by atoms with E-state index in [0.29, 0.717) is 24.5 Å². The molecule has 1 fully saturated rings. The van der Waals surface area contributed by atoms with Crippen LogP contribution in [0.25, 0.3) is 0 Å². The summed E-state index contributed by atoms with van der Waals surface area (Å²) in [5.41, 5.74) is 0. The summed E-state index contributed by atoms with van der Waals surface area (Å²) in [6.07, 6.45) is 2.55. The Balaban J connectivity index is 1.89. The smallest absolute Gasteiger partial charge is 0.318 e. The van der Waals surface area contributed by atoms with Crippen molar-refractivity contribution in [3.8, 4) is 0 Å². The van der Waals surface area contributed by atoms with Crippen molar-refractivity contribution < 1.29 is 4.42 Å². The van der Waals surface area contributed by atoms with Crippen LogP contribution in [-0.2, 0) is 6.54 Å². The molecule has 0 bridgehead atoms. The molecular formula is C10H18N4O. The van der Waals surface area contributed by atoms with E-state index >= 15 is 0 Å². The third kappa shape index (κ3) is 2.68. The zero-order valence-corrected chi connectivity index (χ0v) is 9.36. The van der Waals surface area contributed by atoms with E-state index in [4.69, 9.17) is 4.42 Å². The summed E-state index contributed by atoms with van der Waals surface area (Å²) in [6.45, 7) is 6.65. The van der Waals surface area contributed by atoms with Crippen LogP contribution >= 0.6 is 0 Å². The van der Waals surface area contributed by atoms with E-state index in [0.717, 1.165) is 13.1 Å². The Bertz CT molecular complexity index is 304. The molecular weight excluding hydrogens is 192 g/mol. The SMILES string of the molecule is CCN(CC)c1nnc(CNC2CC2)o1.